The van der Waals surface area contributed by atoms with Crippen molar-refractivity contribution in [3.63, 3.8) is 0 Å². The molecule has 0 saturated heterocycles. The predicted molar refractivity (Wildman–Crippen MR) is 104 cm³/mol. The van der Waals surface area contributed by atoms with Gasteiger partial charge in [-0.1, -0.05) is 52.3 Å². The zero-order valence-electron chi connectivity index (χ0n) is 15.4. The standard InChI is InChI=1S/C20H19BrN2O5/c1-22-19-10-13-16(17(25)20(19,26-2)15(24)9-8-14(19)21)18(23-28-13)27-11-12-6-4-3-5-7-12/h3-9,14,22H,10-11H2,1-2H3. The summed E-state index contributed by atoms with van der Waals surface area (Å²) in [4.78, 5) is 26.2. The Kier molecular flexibility index (Phi) is 4.73. The molecule has 0 radical (unpaired) electrons. The summed E-state index contributed by atoms with van der Waals surface area (Å²) in [6.07, 6.45) is 3.31. The lowest BCUT2D eigenvalue weighted by atomic mass is 9.62. The number of hydrogen-bond acceptors (Lipinski definition) is 7. The van der Waals surface area contributed by atoms with E-state index in [9.17, 15) is 9.59 Å². The summed E-state index contributed by atoms with van der Waals surface area (Å²) in [5.74, 6) is -0.513. The lowest BCUT2D eigenvalue weighted by Gasteiger charge is -2.52. The van der Waals surface area contributed by atoms with E-state index >= 15 is 0 Å². The van der Waals surface area contributed by atoms with Crippen LogP contribution in [0.4, 0.5) is 0 Å². The number of likely N-dealkylation sites (N-methyl/N-ethyl adjacent to an activating group) is 1. The minimum absolute atomic E-state index is 0.0680. The number of fused-ring (bicyclic) bond motifs is 2. The Morgan fingerprint density at radius 1 is 1.32 bits per heavy atom. The van der Waals surface area contributed by atoms with Crippen LogP contribution in [0.1, 0.15) is 21.7 Å². The Bertz CT molecular complexity index is 957. The molecular weight excluding hydrogens is 428 g/mol. The zero-order chi connectivity index (χ0) is 19.9. The third-order valence-corrected chi connectivity index (χ3v) is 6.64. The van der Waals surface area contributed by atoms with Crippen molar-refractivity contribution in [2.24, 2.45) is 0 Å². The highest BCUT2D eigenvalue weighted by Gasteiger charge is 2.69. The molecule has 28 heavy (non-hydrogen) atoms. The van der Waals surface area contributed by atoms with Crippen LogP contribution >= 0.6 is 15.9 Å². The maximum atomic E-state index is 13.6. The molecule has 0 bridgehead atoms. The molecule has 0 saturated carbocycles. The monoisotopic (exact) mass is 446 g/mol. The van der Waals surface area contributed by atoms with Crippen molar-refractivity contribution in [1.82, 2.24) is 10.5 Å². The molecule has 0 amide bonds. The molecule has 8 heteroatoms. The number of carbonyl (C=O) groups is 2. The van der Waals surface area contributed by atoms with Gasteiger partial charge in [-0.3, -0.25) is 9.59 Å². The summed E-state index contributed by atoms with van der Waals surface area (Å²) < 4.78 is 16.9. The van der Waals surface area contributed by atoms with Gasteiger partial charge in [0.2, 0.25) is 11.4 Å². The van der Waals surface area contributed by atoms with Crippen molar-refractivity contribution in [1.29, 1.82) is 0 Å². The second-order valence-corrected chi connectivity index (χ2v) is 7.78. The number of nitrogens with one attached hydrogen (secondary N) is 1. The molecule has 1 aromatic carbocycles. The van der Waals surface area contributed by atoms with Crippen LogP contribution in [-0.4, -0.2) is 46.8 Å². The lowest BCUT2D eigenvalue weighted by Crippen LogP contribution is -2.77. The molecule has 3 atom stereocenters. The molecular formula is C20H19BrN2O5. The van der Waals surface area contributed by atoms with Gasteiger partial charge >= 0.3 is 0 Å². The van der Waals surface area contributed by atoms with Gasteiger partial charge in [0, 0.05) is 13.5 Å². The molecule has 1 aromatic heterocycles. The second kappa shape index (κ2) is 6.95. The van der Waals surface area contributed by atoms with E-state index in [2.05, 4.69) is 26.4 Å². The van der Waals surface area contributed by atoms with Gasteiger partial charge in [0.05, 0.1) is 10.4 Å². The van der Waals surface area contributed by atoms with E-state index < -0.39 is 22.7 Å². The van der Waals surface area contributed by atoms with Crippen LogP contribution in [-0.2, 0) is 22.6 Å². The van der Waals surface area contributed by atoms with Gasteiger partial charge in [0.15, 0.2) is 11.5 Å². The summed E-state index contributed by atoms with van der Waals surface area (Å²) in [6, 6.07) is 9.51. The zero-order valence-corrected chi connectivity index (χ0v) is 17.0. The number of rotatable bonds is 5. The third kappa shape index (κ3) is 2.45. The normalized spacial score (nSPS) is 28.8. The molecule has 2 aromatic rings. The Morgan fingerprint density at radius 3 is 2.75 bits per heavy atom. The lowest BCUT2D eigenvalue weighted by molar-refractivity contribution is -0.141. The number of halogens is 1. The maximum Gasteiger partial charge on any atom is 0.265 e. The first-order valence-electron chi connectivity index (χ1n) is 8.81. The van der Waals surface area contributed by atoms with Crippen LogP contribution in [0.3, 0.4) is 0 Å². The van der Waals surface area contributed by atoms with Gasteiger partial charge in [-0.2, -0.15) is 0 Å². The Morgan fingerprint density at radius 2 is 2.07 bits per heavy atom. The highest BCUT2D eigenvalue weighted by Crippen LogP contribution is 2.48. The van der Waals surface area contributed by atoms with E-state index in [0.717, 1.165) is 5.56 Å². The fourth-order valence-corrected chi connectivity index (χ4v) is 4.95. The summed E-state index contributed by atoms with van der Waals surface area (Å²) in [5, 5.41) is 7.09. The minimum Gasteiger partial charge on any atom is -0.470 e. The molecule has 1 N–H and O–H groups in total. The Hall–Kier alpha value is -2.29. The van der Waals surface area contributed by atoms with Crippen LogP contribution < -0.4 is 10.1 Å². The number of alkyl halides is 1. The molecule has 2 aliphatic carbocycles. The number of methoxy groups -OCH3 is 1. The van der Waals surface area contributed by atoms with Gasteiger partial charge in [0.25, 0.3) is 5.88 Å². The number of ether oxygens (including phenoxy) is 2. The molecule has 0 fully saturated rings. The summed E-state index contributed by atoms with van der Waals surface area (Å²) >= 11 is 3.57. The SMILES string of the molecule is CNC12Cc3onc(OCc4ccccc4)c3C(=O)C1(OC)C(=O)C=CC2Br. The third-order valence-electron chi connectivity index (χ3n) is 5.55. The predicted octanol–water partition coefficient (Wildman–Crippen LogP) is 2.24. The smallest absolute Gasteiger partial charge is 0.265 e. The van der Waals surface area contributed by atoms with Crippen molar-refractivity contribution in [3.05, 3.63) is 59.4 Å². The molecule has 0 aliphatic heterocycles. The van der Waals surface area contributed by atoms with Gasteiger partial charge < -0.3 is 19.3 Å². The van der Waals surface area contributed by atoms with Crippen molar-refractivity contribution < 1.29 is 23.6 Å². The second-order valence-electron chi connectivity index (χ2n) is 6.80. The fourth-order valence-electron chi connectivity index (χ4n) is 4.09. The van der Waals surface area contributed by atoms with E-state index in [-0.39, 0.29) is 29.3 Å². The average Bonchev–Trinajstić information content (AvgIpc) is 3.13. The van der Waals surface area contributed by atoms with Crippen LogP contribution in [0.2, 0.25) is 0 Å². The van der Waals surface area contributed by atoms with Crippen molar-refractivity contribution in [2.75, 3.05) is 14.2 Å². The van der Waals surface area contributed by atoms with Gasteiger partial charge in [-0.15, -0.1) is 0 Å². The largest absolute Gasteiger partial charge is 0.470 e. The highest BCUT2D eigenvalue weighted by atomic mass is 79.9. The highest BCUT2D eigenvalue weighted by molar-refractivity contribution is 9.09. The van der Waals surface area contributed by atoms with Crippen LogP contribution in [0.15, 0.2) is 47.0 Å². The van der Waals surface area contributed by atoms with Gasteiger partial charge in [0.1, 0.15) is 12.2 Å². The number of carbonyl (C=O) groups excluding carboxylic acids is 2. The first-order chi connectivity index (χ1) is 13.5. The quantitative estimate of drug-likeness (QED) is 0.556. The van der Waals surface area contributed by atoms with E-state index in [1.54, 1.807) is 13.1 Å². The summed E-state index contributed by atoms with van der Waals surface area (Å²) in [6.45, 7) is 0.221. The minimum atomic E-state index is -1.74. The van der Waals surface area contributed by atoms with Crippen molar-refractivity contribution in [3.8, 4) is 5.88 Å². The first-order valence-corrected chi connectivity index (χ1v) is 9.72. The van der Waals surface area contributed by atoms with Crippen molar-refractivity contribution >= 4 is 27.5 Å². The van der Waals surface area contributed by atoms with Gasteiger partial charge in [-0.05, 0) is 23.8 Å². The first kappa shape index (κ1) is 19.0. The molecule has 2 aliphatic rings. The van der Waals surface area contributed by atoms with E-state index in [4.69, 9.17) is 14.0 Å². The van der Waals surface area contributed by atoms with E-state index in [1.807, 2.05) is 30.3 Å². The maximum absolute atomic E-state index is 13.6. The number of Topliss-reactive ketones (excluding diaryl/α,β-unsaturated/α-hetero) is 1. The van der Waals surface area contributed by atoms with Crippen LogP contribution in [0.25, 0.3) is 0 Å². The van der Waals surface area contributed by atoms with Crippen molar-refractivity contribution in [2.45, 2.75) is 29.0 Å². The summed E-state index contributed by atoms with van der Waals surface area (Å²) in [5.41, 5.74) is -1.71. The number of aromatic nitrogens is 1. The van der Waals surface area contributed by atoms with Crippen LogP contribution in [0.5, 0.6) is 5.88 Å². The summed E-state index contributed by atoms with van der Waals surface area (Å²) in [7, 11) is 3.06. The fraction of sp³-hybridized carbons (Fsp3) is 0.350. The van der Waals surface area contributed by atoms with Gasteiger partial charge in [-0.25, -0.2) is 0 Å². The van der Waals surface area contributed by atoms with Crippen LogP contribution in [0, 0.1) is 0 Å². The molecule has 146 valence electrons. The number of benzene rings is 1. The average molecular weight is 447 g/mol. The molecule has 7 nitrogen and oxygen atoms in total. The number of nitrogens with zero attached hydrogens (tertiary/aromatic N) is 1. The molecule has 1 heterocycles. The topological polar surface area (TPSA) is 90.7 Å². The molecule has 3 unspecified atom stereocenters. The van der Waals surface area contributed by atoms with E-state index in [1.165, 1.54) is 13.2 Å². The van der Waals surface area contributed by atoms with E-state index in [0.29, 0.717) is 5.76 Å². The number of ketones is 2. The Labute approximate surface area is 170 Å². The molecule has 4 rings (SSSR count). The number of hydrogen-bond donors (Lipinski definition) is 1. The Balaban J connectivity index is 1.77. The molecule has 0 spiro atoms.